The highest BCUT2D eigenvalue weighted by Gasteiger charge is 2.23. The molecular formula is C17H25ClN2O3. The van der Waals surface area contributed by atoms with Crippen LogP contribution in [0, 0.1) is 0 Å². The van der Waals surface area contributed by atoms with Crippen LogP contribution in [0.5, 0.6) is 11.5 Å². The molecule has 0 bridgehead atoms. The fraction of sp³-hybridized carbons (Fsp3) is 0.471. The van der Waals surface area contributed by atoms with E-state index in [4.69, 9.17) is 4.74 Å². The standard InChI is InChI=1S/C17H24N2O3.ClH/c1-13-6-4-5-11-19(13)18(2)17(21)10-8-14-7-9-15(20)16(12-14)22-3;/h7-10,12-13,20H,4-6,11H2,1-3H3;1H/b10-8+;. The number of hydrogen-bond acceptors (Lipinski definition) is 4. The lowest BCUT2D eigenvalue weighted by molar-refractivity contribution is -0.145. The quantitative estimate of drug-likeness (QED) is 0.856. The molecule has 5 nitrogen and oxygen atoms in total. The van der Waals surface area contributed by atoms with E-state index in [0.29, 0.717) is 11.8 Å². The molecule has 128 valence electrons. The molecule has 0 spiro atoms. The molecule has 0 saturated carbocycles. The van der Waals surface area contributed by atoms with Gasteiger partial charge in [0.1, 0.15) is 0 Å². The van der Waals surface area contributed by atoms with Crippen LogP contribution < -0.4 is 4.74 Å². The number of amides is 1. The molecule has 1 saturated heterocycles. The lowest BCUT2D eigenvalue weighted by atomic mass is 10.1. The number of nitrogens with zero attached hydrogens (tertiary/aromatic N) is 2. The van der Waals surface area contributed by atoms with Gasteiger partial charge in [0, 0.05) is 25.7 Å². The van der Waals surface area contributed by atoms with Crippen LogP contribution in [-0.2, 0) is 4.79 Å². The van der Waals surface area contributed by atoms with E-state index in [1.165, 1.54) is 13.5 Å². The van der Waals surface area contributed by atoms with Crippen molar-refractivity contribution in [3.8, 4) is 11.5 Å². The van der Waals surface area contributed by atoms with Gasteiger partial charge in [-0.1, -0.05) is 12.5 Å². The lowest BCUT2D eigenvalue weighted by Gasteiger charge is -2.39. The van der Waals surface area contributed by atoms with Crippen molar-refractivity contribution >= 4 is 24.4 Å². The Hall–Kier alpha value is -1.72. The number of piperidine rings is 1. The Bertz CT molecular complexity index is 563. The van der Waals surface area contributed by atoms with Gasteiger partial charge in [0.25, 0.3) is 5.91 Å². The van der Waals surface area contributed by atoms with Gasteiger partial charge in [0.15, 0.2) is 11.5 Å². The van der Waals surface area contributed by atoms with Gasteiger partial charge in [-0.05, 0) is 43.5 Å². The summed E-state index contributed by atoms with van der Waals surface area (Å²) in [6, 6.07) is 5.39. The number of benzene rings is 1. The Labute approximate surface area is 143 Å². The maximum Gasteiger partial charge on any atom is 0.260 e. The van der Waals surface area contributed by atoms with Crippen LogP contribution in [0.2, 0.25) is 0 Å². The summed E-state index contributed by atoms with van der Waals surface area (Å²) in [5, 5.41) is 13.4. The number of halogens is 1. The largest absolute Gasteiger partial charge is 0.504 e. The molecule has 1 aromatic carbocycles. The maximum absolute atomic E-state index is 12.3. The Kier molecular flexibility index (Phi) is 7.39. The average Bonchev–Trinajstić information content (AvgIpc) is 2.53. The van der Waals surface area contributed by atoms with Gasteiger partial charge in [0.05, 0.1) is 7.11 Å². The zero-order valence-corrected chi connectivity index (χ0v) is 14.7. The van der Waals surface area contributed by atoms with Crippen LogP contribution in [-0.4, -0.2) is 47.8 Å². The molecule has 1 aromatic rings. The maximum atomic E-state index is 12.3. The summed E-state index contributed by atoms with van der Waals surface area (Å²) < 4.78 is 5.06. The average molecular weight is 341 g/mol. The van der Waals surface area contributed by atoms with E-state index in [0.717, 1.165) is 24.9 Å². The van der Waals surface area contributed by atoms with E-state index in [1.807, 2.05) is 7.05 Å². The number of phenolic OH excluding ortho intramolecular Hbond substituents is 1. The first-order valence-corrected chi connectivity index (χ1v) is 7.62. The summed E-state index contributed by atoms with van der Waals surface area (Å²) in [6.07, 6.45) is 6.75. The number of hydrogen-bond donors (Lipinski definition) is 1. The van der Waals surface area contributed by atoms with Gasteiger partial charge in [-0.3, -0.25) is 9.80 Å². The van der Waals surface area contributed by atoms with Crippen molar-refractivity contribution in [3.63, 3.8) is 0 Å². The predicted octanol–water partition coefficient (Wildman–Crippen LogP) is 3.08. The molecule has 1 fully saturated rings. The summed E-state index contributed by atoms with van der Waals surface area (Å²) in [4.78, 5) is 12.3. The smallest absolute Gasteiger partial charge is 0.260 e. The molecule has 1 aliphatic rings. The minimum Gasteiger partial charge on any atom is -0.504 e. The molecule has 6 heteroatoms. The number of carbonyl (C=O) groups excluding carboxylic acids is 1. The molecule has 1 N–H and O–H groups in total. The molecule has 0 radical (unpaired) electrons. The summed E-state index contributed by atoms with van der Waals surface area (Å²) in [5.41, 5.74) is 0.808. The second kappa shape index (κ2) is 8.79. The molecule has 2 rings (SSSR count). The Balaban J connectivity index is 0.00000264. The topological polar surface area (TPSA) is 53.0 Å². The van der Waals surface area contributed by atoms with Gasteiger partial charge in [0.2, 0.25) is 0 Å². The fourth-order valence-electron chi connectivity index (χ4n) is 2.73. The van der Waals surface area contributed by atoms with E-state index in [1.54, 1.807) is 35.4 Å². The van der Waals surface area contributed by atoms with Crippen molar-refractivity contribution in [2.24, 2.45) is 0 Å². The third kappa shape index (κ3) is 4.88. The minimum atomic E-state index is -0.0548. The molecule has 1 amide bonds. The molecule has 0 aromatic heterocycles. The summed E-state index contributed by atoms with van der Waals surface area (Å²) >= 11 is 0. The monoisotopic (exact) mass is 340 g/mol. The van der Waals surface area contributed by atoms with E-state index >= 15 is 0 Å². The number of methoxy groups -OCH3 is 1. The van der Waals surface area contributed by atoms with Crippen molar-refractivity contribution < 1.29 is 14.6 Å². The van der Waals surface area contributed by atoms with Crippen molar-refractivity contribution in [2.45, 2.75) is 32.2 Å². The third-order valence-corrected chi connectivity index (χ3v) is 4.09. The summed E-state index contributed by atoms with van der Waals surface area (Å²) in [7, 11) is 3.31. The SMILES string of the molecule is COc1cc(/C=C/C(=O)N(C)N2CCCCC2C)ccc1O.Cl. The van der Waals surface area contributed by atoms with E-state index in [9.17, 15) is 9.90 Å². The molecular weight excluding hydrogens is 316 g/mol. The van der Waals surface area contributed by atoms with Crippen LogP contribution in [0.3, 0.4) is 0 Å². The second-order valence-corrected chi connectivity index (χ2v) is 5.63. The van der Waals surface area contributed by atoms with Gasteiger partial charge >= 0.3 is 0 Å². The Morgan fingerprint density at radius 2 is 2.17 bits per heavy atom. The van der Waals surface area contributed by atoms with Crippen LogP contribution >= 0.6 is 12.4 Å². The lowest BCUT2D eigenvalue weighted by Crippen LogP contribution is -2.50. The highest BCUT2D eigenvalue weighted by atomic mass is 35.5. The van der Waals surface area contributed by atoms with E-state index in [-0.39, 0.29) is 24.1 Å². The van der Waals surface area contributed by atoms with Crippen LogP contribution in [0.25, 0.3) is 6.08 Å². The number of aromatic hydroxyl groups is 1. The second-order valence-electron chi connectivity index (χ2n) is 5.63. The molecule has 1 unspecified atom stereocenters. The third-order valence-electron chi connectivity index (χ3n) is 4.09. The zero-order chi connectivity index (χ0) is 16.1. The van der Waals surface area contributed by atoms with Gasteiger partial charge in [-0.2, -0.15) is 0 Å². The Morgan fingerprint density at radius 3 is 2.83 bits per heavy atom. The number of ether oxygens (including phenoxy) is 1. The Morgan fingerprint density at radius 1 is 1.43 bits per heavy atom. The van der Waals surface area contributed by atoms with Crippen LogP contribution in [0.1, 0.15) is 31.7 Å². The van der Waals surface area contributed by atoms with Crippen LogP contribution in [0.15, 0.2) is 24.3 Å². The van der Waals surface area contributed by atoms with Gasteiger partial charge in [-0.15, -0.1) is 12.4 Å². The molecule has 1 atom stereocenters. The van der Waals surface area contributed by atoms with Crippen molar-refractivity contribution in [1.82, 2.24) is 10.0 Å². The van der Waals surface area contributed by atoms with Gasteiger partial charge in [-0.25, -0.2) is 5.01 Å². The van der Waals surface area contributed by atoms with E-state index < -0.39 is 0 Å². The number of hydrazine groups is 1. The van der Waals surface area contributed by atoms with E-state index in [2.05, 4.69) is 11.9 Å². The first-order chi connectivity index (χ1) is 10.5. The van der Waals surface area contributed by atoms with Crippen molar-refractivity contribution in [3.05, 3.63) is 29.8 Å². The highest BCUT2D eigenvalue weighted by Crippen LogP contribution is 2.26. The molecule has 1 heterocycles. The van der Waals surface area contributed by atoms with Crippen LogP contribution in [0.4, 0.5) is 0 Å². The summed E-state index contributed by atoms with van der Waals surface area (Å²) in [5.74, 6) is 0.429. The molecule has 1 aliphatic heterocycles. The number of carbonyl (C=O) groups is 1. The summed E-state index contributed by atoms with van der Waals surface area (Å²) in [6.45, 7) is 3.07. The number of rotatable bonds is 4. The first-order valence-electron chi connectivity index (χ1n) is 7.62. The normalized spacial score (nSPS) is 18.5. The van der Waals surface area contributed by atoms with Crippen molar-refractivity contribution in [2.75, 3.05) is 20.7 Å². The molecule has 23 heavy (non-hydrogen) atoms. The fourth-order valence-corrected chi connectivity index (χ4v) is 2.73. The number of phenols is 1. The minimum absolute atomic E-state index is 0. The van der Waals surface area contributed by atoms with Crippen molar-refractivity contribution in [1.29, 1.82) is 0 Å². The number of likely N-dealkylation sites (N-methyl/N-ethyl adjacent to an activating group) is 1. The first kappa shape index (κ1) is 19.3. The molecule has 0 aliphatic carbocycles. The zero-order valence-electron chi connectivity index (χ0n) is 13.9. The predicted molar refractivity (Wildman–Crippen MR) is 93.7 cm³/mol. The van der Waals surface area contributed by atoms with Gasteiger partial charge < -0.3 is 9.84 Å². The highest BCUT2D eigenvalue weighted by molar-refractivity contribution is 5.91.